The van der Waals surface area contributed by atoms with Crippen molar-refractivity contribution in [2.75, 3.05) is 0 Å². The maximum atomic E-state index is 14.6. The van der Waals surface area contributed by atoms with Crippen LogP contribution in [-0.2, 0) is 9.59 Å². The molecule has 0 heterocycles. The molecule has 32 heavy (non-hydrogen) atoms. The number of amides is 2. The van der Waals surface area contributed by atoms with E-state index in [2.05, 4.69) is 27.7 Å². The maximum Gasteiger partial charge on any atom is 0.238 e. The van der Waals surface area contributed by atoms with Crippen LogP contribution in [0.15, 0.2) is 0 Å². The molecule has 0 unspecified atom stereocenters. The lowest BCUT2D eigenvalue weighted by Crippen LogP contribution is -2.69. The van der Waals surface area contributed by atoms with Gasteiger partial charge in [-0.25, -0.2) is 0 Å². The van der Waals surface area contributed by atoms with Crippen molar-refractivity contribution in [3.63, 3.8) is 0 Å². The Morgan fingerprint density at radius 1 is 0.688 bits per heavy atom. The van der Waals surface area contributed by atoms with E-state index in [0.717, 1.165) is 44.9 Å². The Morgan fingerprint density at radius 3 is 1.34 bits per heavy atom. The minimum Gasteiger partial charge on any atom is -0.388 e. The highest BCUT2D eigenvalue weighted by atomic mass is 16.3. The van der Waals surface area contributed by atoms with Crippen molar-refractivity contribution < 1.29 is 19.8 Å². The van der Waals surface area contributed by atoms with Gasteiger partial charge in [0.2, 0.25) is 11.8 Å². The predicted molar refractivity (Wildman–Crippen MR) is 126 cm³/mol. The number of rotatable bonds is 8. The van der Waals surface area contributed by atoms with Crippen LogP contribution in [0.5, 0.6) is 0 Å². The number of hydrogen-bond acceptors (Lipinski definition) is 4. The third-order valence-corrected chi connectivity index (χ3v) is 8.72. The molecule has 6 heteroatoms. The normalized spacial score (nSPS) is 26.2. The Morgan fingerprint density at radius 2 is 1.03 bits per heavy atom. The predicted octanol–water partition coefficient (Wildman–Crippen LogP) is 3.91. The Bertz CT molecular complexity index is 637. The van der Waals surface area contributed by atoms with E-state index in [1.807, 2.05) is 4.90 Å². The van der Waals surface area contributed by atoms with E-state index in [4.69, 9.17) is 5.73 Å². The fourth-order valence-electron chi connectivity index (χ4n) is 7.36. The zero-order valence-corrected chi connectivity index (χ0v) is 20.7. The van der Waals surface area contributed by atoms with Crippen LogP contribution in [0.2, 0.25) is 0 Å². The van der Waals surface area contributed by atoms with E-state index in [1.165, 1.54) is 0 Å². The molecule has 0 aromatic rings. The summed E-state index contributed by atoms with van der Waals surface area (Å²) >= 11 is 0. The molecule has 0 saturated heterocycles. The molecule has 3 fully saturated rings. The molecule has 4 N–H and O–H groups in total. The first-order chi connectivity index (χ1) is 15.0. The first-order valence-electron chi connectivity index (χ1n) is 13.1. The summed E-state index contributed by atoms with van der Waals surface area (Å²) in [6.07, 6.45) is 9.83. The van der Waals surface area contributed by atoms with Gasteiger partial charge in [0.1, 0.15) is 5.41 Å². The number of aliphatic hydroxyl groups is 2. The SMILES string of the molecule is CC(C)[C@@H](N(C(=O)C1(C(N)=O)CCCCC1)[C@H](C(C)C)C1(O)CCCC1)C1(O)CCCC1. The van der Waals surface area contributed by atoms with Crippen LogP contribution in [0.3, 0.4) is 0 Å². The van der Waals surface area contributed by atoms with Gasteiger partial charge in [-0.1, -0.05) is 72.6 Å². The number of carbonyl (C=O) groups excluding carboxylic acids is 2. The van der Waals surface area contributed by atoms with Gasteiger partial charge < -0.3 is 20.8 Å². The lowest BCUT2D eigenvalue weighted by Gasteiger charge is -2.54. The molecule has 3 aliphatic rings. The van der Waals surface area contributed by atoms with Gasteiger partial charge in [0.15, 0.2) is 0 Å². The molecule has 0 spiro atoms. The summed E-state index contributed by atoms with van der Waals surface area (Å²) in [5.41, 5.74) is 2.72. The third kappa shape index (κ3) is 4.46. The molecule has 0 aromatic heterocycles. The zero-order valence-electron chi connectivity index (χ0n) is 20.7. The van der Waals surface area contributed by atoms with Gasteiger partial charge >= 0.3 is 0 Å². The highest BCUT2D eigenvalue weighted by Crippen LogP contribution is 2.47. The van der Waals surface area contributed by atoms with Crippen LogP contribution < -0.4 is 5.73 Å². The molecule has 2 atom stereocenters. The highest BCUT2D eigenvalue weighted by molar-refractivity contribution is 6.04. The average Bonchev–Trinajstić information content (AvgIpc) is 3.36. The van der Waals surface area contributed by atoms with Crippen molar-refractivity contribution in [2.45, 2.75) is 134 Å². The van der Waals surface area contributed by atoms with Gasteiger partial charge in [0.25, 0.3) is 0 Å². The number of nitrogens with two attached hydrogens (primary N) is 1. The summed E-state index contributed by atoms with van der Waals surface area (Å²) in [6, 6.07) is -0.902. The lowest BCUT2D eigenvalue weighted by atomic mass is 9.69. The van der Waals surface area contributed by atoms with Gasteiger partial charge in [0.05, 0.1) is 23.3 Å². The molecule has 3 rings (SSSR count). The second kappa shape index (κ2) is 9.61. The summed E-state index contributed by atoms with van der Waals surface area (Å²) in [5.74, 6) is -0.819. The molecule has 184 valence electrons. The zero-order chi connectivity index (χ0) is 23.7. The first kappa shape index (κ1) is 25.5. The number of carbonyl (C=O) groups is 2. The number of hydrogen-bond donors (Lipinski definition) is 3. The maximum absolute atomic E-state index is 14.6. The monoisotopic (exact) mass is 450 g/mol. The molecule has 0 bridgehead atoms. The summed E-state index contributed by atoms with van der Waals surface area (Å²) in [6.45, 7) is 8.20. The van der Waals surface area contributed by atoms with Gasteiger partial charge in [-0.3, -0.25) is 9.59 Å². The molecule has 3 saturated carbocycles. The minimum absolute atomic E-state index is 0.0122. The Balaban J connectivity index is 2.17. The molecule has 0 radical (unpaired) electrons. The van der Waals surface area contributed by atoms with Gasteiger partial charge in [-0.2, -0.15) is 0 Å². The fourth-order valence-corrected chi connectivity index (χ4v) is 7.36. The van der Waals surface area contributed by atoms with Crippen molar-refractivity contribution in [3.8, 4) is 0 Å². The summed E-state index contributed by atoms with van der Waals surface area (Å²) in [7, 11) is 0. The third-order valence-electron chi connectivity index (χ3n) is 8.72. The van der Waals surface area contributed by atoms with E-state index in [9.17, 15) is 19.8 Å². The largest absolute Gasteiger partial charge is 0.388 e. The Hall–Kier alpha value is -1.14. The van der Waals surface area contributed by atoms with E-state index in [0.29, 0.717) is 38.5 Å². The quantitative estimate of drug-likeness (QED) is 0.488. The van der Waals surface area contributed by atoms with Crippen LogP contribution in [0.1, 0.15) is 111 Å². The fraction of sp³-hybridized carbons (Fsp3) is 0.923. The average molecular weight is 451 g/mol. The lowest BCUT2D eigenvalue weighted by molar-refractivity contribution is -0.179. The number of primary amides is 1. The van der Waals surface area contributed by atoms with Gasteiger partial charge in [0, 0.05) is 0 Å². The van der Waals surface area contributed by atoms with Gasteiger partial charge in [-0.05, 0) is 50.4 Å². The van der Waals surface area contributed by atoms with Crippen LogP contribution in [0, 0.1) is 17.3 Å². The second-order valence-electron chi connectivity index (χ2n) is 11.7. The summed E-state index contributed by atoms with van der Waals surface area (Å²) < 4.78 is 0. The highest BCUT2D eigenvalue weighted by Gasteiger charge is 2.58. The van der Waals surface area contributed by atoms with E-state index in [1.54, 1.807) is 0 Å². The topological polar surface area (TPSA) is 104 Å². The Kier molecular flexibility index (Phi) is 7.66. The van der Waals surface area contributed by atoms with Crippen LogP contribution >= 0.6 is 0 Å². The molecule has 3 aliphatic carbocycles. The molecule has 2 amide bonds. The standard InChI is InChI=1S/C26H46N2O4/c1-18(2)20(25(31)14-8-9-15-25)28(21(19(3)4)26(32)16-10-11-17-26)23(30)24(22(27)29)12-6-5-7-13-24/h18-21,31-32H,5-17H2,1-4H3,(H2,27,29)/t20-,21-/m1/s1. The molecular formula is C26H46N2O4. The van der Waals surface area contributed by atoms with Crippen molar-refractivity contribution in [1.82, 2.24) is 4.90 Å². The van der Waals surface area contributed by atoms with E-state index >= 15 is 0 Å². The summed E-state index contributed by atoms with van der Waals surface area (Å²) in [5, 5.41) is 23.7. The number of nitrogens with zero attached hydrogens (tertiary/aromatic N) is 1. The van der Waals surface area contributed by atoms with Crippen molar-refractivity contribution in [2.24, 2.45) is 23.0 Å². The summed E-state index contributed by atoms with van der Waals surface area (Å²) in [4.78, 5) is 29.2. The molecule has 0 aromatic carbocycles. The smallest absolute Gasteiger partial charge is 0.238 e. The van der Waals surface area contributed by atoms with Crippen LogP contribution in [0.25, 0.3) is 0 Å². The molecular weight excluding hydrogens is 404 g/mol. The van der Waals surface area contributed by atoms with Crippen molar-refractivity contribution in [3.05, 3.63) is 0 Å². The first-order valence-corrected chi connectivity index (χ1v) is 13.1. The molecule has 0 aliphatic heterocycles. The van der Waals surface area contributed by atoms with Crippen molar-refractivity contribution >= 4 is 11.8 Å². The van der Waals surface area contributed by atoms with Crippen LogP contribution in [0.4, 0.5) is 0 Å². The van der Waals surface area contributed by atoms with E-state index in [-0.39, 0.29) is 17.7 Å². The minimum atomic E-state index is -1.23. The molecule has 6 nitrogen and oxygen atoms in total. The second-order valence-corrected chi connectivity index (χ2v) is 11.7. The van der Waals surface area contributed by atoms with Crippen molar-refractivity contribution in [1.29, 1.82) is 0 Å². The Labute approximate surface area is 194 Å². The van der Waals surface area contributed by atoms with E-state index < -0.39 is 34.6 Å². The van der Waals surface area contributed by atoms with Gasteiger partial charge in [-0.15, -0.1) is 0 Å². The van der Waals surface area contributed by atoms with Crippen LogP contribution in [-0.4, -0.2) is 50.2 Å².